The Labute approximate surface area is 115 Å². The predicted octanol–water partition coefficient (Wildman–Crippen LogP) is 3.69. The van der Waals surface area contributed by atoms with E-state index in [9.17, 15) is 4.79 Å². The van der Waals surface area contributed by atoms with Crippen molar-refractivity contribution in [2.45, 2.75) is 50.5 Å². The van der Waals surface area contributed by atoms with Gasteiger partial charge in [-0.1, -0.05) is 19.4 Å². The molecule has 2 nitrogen and oxygen atoms in total. The first-order valence-corrected chi connectivity index (χ1v) is 7.18. The molecule has 0 atom stereocenters. The molecule has 0 aliphatic heterocycles. The number of unbranched alkanes of at least 4 members (excludes halogenated alkanes) is 1. The van der Waals surface area contributed by atoms with Crippen molar-refractivity contribution in [3.05, 3.63) is 29.3 Å². The summed E-state index contributed by atoms with van der Waals surface area (Å²) in [6.07, 6.45) is 4.54. The van der Waals surface area contributed by atoms with Crippen molar-refractivity contribution in [3.8, 4) is 0 Å². The molecule has 1 fully saturated rings. The molecular formula is C15H21NOS. The van der Waals surface area contributed by atoms with Gasteiger partial charge in [0.1, 0.15) is 0 Å². The van der Waals surface area contributed by atoms with Gasteiger partial charge < -0.3 is 4.90 Å². The predicted molar refractivity (Wildman–Crippen MR) is 77.4 cm³/mol. The zero-order valence-corrected chi connectivity index (χ0v) is 12.0. The molecule has 3 heteroatoms. The van der Waals surface area contributed by atoms with Gasteiger partial charge in [0.05, 0.1) is 0 Å². The summed E-state index contributed by atoms with van der Waals surface area (Å²) in [5.74, 6) is 0.180. The van der Waals surface area contributed by atoms with E-state index < -0.39 is 0 Å². The van der Waals surface area contributed by atoms with E-state index in [2.05, 4.69) is 24.5 Å². The summed E-state index contributed by atoms with van der Waals surface area (Å²) in [7, 11) is 0. The van der Waals surface area contributed by atoms with E-state index in [0.29, 0.717) is 6.04 Å². The van der Waals surface area contributed by atoms with Crippen molar-refractivity contribution in [1.29, 1.82) is 0 Å². The SMILES string of the molecule is CCCCN(C(=O)c1cc(S)ccc1C)C1CC1. The molecule has 1 aliphatic carbocycles. The fourth-order valence-corrected chi connectivity index (χ4v) is 2.36. The quantitative estimate of drug-likeness (QED) is 0.803. The molecule has 0 spiro atoms. The number of aryl methyl sites for hydroxylation is 1. The van der Waals surface area contributed by atoms with Crippen molar-refractivity contribution in [3.63, 3.8) is 0 Å². The zero-order valence-electron chi connectivity index (χ0n) is 11.1. The number of carbonyl (C=O) groups is 1. The lowest BCUT2D eigenvalue weighted by molar-refractivity contribution is 0.0739. The third-order valence-corrected chi connectivity index (χ3v) is 3.73. The van der Waals surface area contributed by atoms with Gasteiger partial charge >= 0.3 is 0 Å². The molecule has 2 rings (SSSR count). The standard InChI is InChI=1S/C15H21NOS/c1-3-4-9-16(12-6-7-12)15(17)14-10-13(18)8-5-11(14)2/h5,8,10,12,18H,3-4,6-7,9H2,1-2H3. The van der Waals surface area contributed by atoms with Crippen LogP contribution in [-0.4, -0.2) is 23.4 Å². The number of rotatable bonds is 5. The summed E-state index contributed by atoms with van der Waals surface area (Å²) in [4.78, 5) is 15.5. The van der Waals surface area contributed by atoms with Crippen LogP contribution in [0.4, 0.5) is 0 Å². The molecule has 0 radical (unpaired) electrons. The van der Waals surface area contributed by atoms with Gasteiger partial charge in [-0.3, -0.25) is 4.79 Å². The second kappa shape index (κ2) is 5.79. The van der Waals surface area contributed by atoms with Gasteiger partial charge in [0.25, 0.3) is 5.91 Å². The molecule has 1 aromatic carbocycles. The van der Waals surface area contributed by atoms with Gasteiger partial charge in [0.2, 0.25) is 0 Å². The van der Waals surface area contributed by atoms with E-state index >= 15 is 0 Å². The summed E-state index contributed by atoms with van der Waals surface area (Å²) in [5.41, 5.74) is 1.85. The number of nitrogens with zero attached hydrogens (tertiary/aromatic N) is 1. The van der Waals surface area contributed by atoms with Gasteiger partial charge in [-0.25, -0.2) is 0 Å². The van der Waals surface area contributed by atoms with Crippen molar-refractivity contribution < 1.29 is 4.79 Å². The van der Waals surface area contributed by atoms with Crippen LogP contribution in [0.15, 0.2) is 23.1 Å². The van der Waals surface area contributed by atoms with E-state index in [0.717, 1.165) is 48.3 Å². The van der Waals surface area contributed by atoms with Crippen LogP contribution in [-0.2, 0) is 0 Å². The minimum atomic E-state index is 0.180. The normalized spacial score (nSPS) is 14.6. The molecule has 98 valence electrons. The van der Waals surface area contributed by atoms with Gasteiger partial charge in [-0.05, 0) is 43.9 Å². The van der Waals surface area contributed by atoms with Crippen LogP contribution in [0.25, 0.3) is 0 Å². The Hall–Kier alpha value is -0.960. The largest absolute Gasteiger partial charge is 0.336 e. The van der Waals surface area contributed by atoms with Gasteiger partial charge in [-0.15, -0.1) is 12.6 Å². The van der Waals surface area contributed by atoms with Crippen LogP contribution >= 0.6 is 12.6 Å². The average molecular weight is 263 g/mol. The summed E-state index contributed by atoms with van der Waals surface area (Å²) in [5, 5.41) is 0. The third kappa shape index (κ3) is 3.08. The maximum Gasteiger partial charge on any atom is 0.254 e. The van der Waals surface area contributed by atoms with E-state index in [-0.39, 0.29) is 5.91 Å². The second-order valence-electron chi connectivity index (χ2n) is 5.08. The first-order valence-electron chi connectivity index (χ1n) is 6.74. The number of amides is 1. The van der Waals surface area contributed by atoms with Gasteiger partial charge in [0.15, 0.2) is 0 Å². The smallest absolute Gasteiger partial charge is 0.254 e. The second-order valence-corrected chi connectivity index (χ2v) is 5.60. The minimum absolute atomic E-state index is 0.180. The summed E-state index contributed by atoms with van der Waals surface area (Å²) in [6, 6.07) is 6.28. The Kier molecular flexibility index (Phi) is 4.33. The maximum absolute atomic E-state index is 12.6. The van der Waals surface area contributed by atoms with E-state index in [4.69, 9.17) is 0 Å². The van der Waals surface area contributed by atoms with Crippen LogP contribution in [0.2, 0.25) is 0 Å². The topological polar surface area (TPSA) is 20.3 Å². The molecule has 1 amide bonds. The minimum Gasteiger partial charge on any atom is -0.336 e. The van der Waals surface area contributed by atoms with Crippen molar-refractivity contribution in [1.82, 2.24) is 4.90 Å². The molecule has 0 heterocycles. The van der Waals surface area contributed by atoms with E-state index in [1.165, 1.54) is 0 Å². The van der Waals surface area contributed by atoms with Gasteiger partial charge in [-0.2, -0.15) is 0 Å². The highest BCUT2D eigenvalue weighted by Crippen LogP contribution is 2.29. The third-order valence-electron chi connectivity index (χ3n) is 3.45. The van der Waals surface area contributed by atoms with Crippen LogP contribution in [0.5, 0.6) is 0 Å². The van der Waals surface area contributed by atoms with Crippen LogP contribution in [0.1, 0.15) is 48.5 Å². The molecule has 18 heavy (non-hydrogen) atoms. The first kappa shape index (κ1) is 13.5. The zero-order chi connectivity index (χ0) is 13.1. The number of hydrogen-bond acceptors (Lipinski definition) is 2. The molecule has 0 aromatic heterocycles. The fraction of sp³-hybridized carbons (Fsp3) is 0.533. The lowest BCUT2D eigenvalue weighted by atomic mass is 10.1. The van der Waals surface area contributed by atoms with Crippen LogP contribution in [0, 0.1) is 6.92 Å². The molecular weight excluding hydrogens is 242 g/mol. The summed E-state index contributed by atoms with van der Waals surface area (Å²) in [6.45, 7) is 5.04. The Morgan fingerprint density at radius 1 is 1.44 bits per heavy atom. The first-order chi connectivity index (χ1) is 8.63. The molecule has 0 N–H and O–H groups in total. The number of benzene rings is 1. The van der Waals surface area contributed by atoms with Gasteiger partial charge in [0, 0.05) is 23.0 Å². The number of hydrogen-bond donors (Lipinski definition) is 1. The Morgan fingerprint density at radius 3 is 2.78 bits per heavy atom. The van der Waals surface area contributed by atoms with Crippen LogP contribution in [0.3, 0.4) is 0 Å². The monoisotopic (exact) mass is 263 g/mol. The molecule has 0 saturated heterocycles. The fourth-order valence-electron chi connectivity index (χ4n) is 2.16. The number of thiol groups is 1. The van der Waals surface area contributed by atoms with E-state index in [1.54, 1.807) is 0 Å². The Balaban J connectivity index is 2.19. The van der Waals surface area contributed by atoms with Crippen molar-refractivity contribution >= 4 is 18.5 Å². The highest BCUT2D eigenvalue weighted by molar-refractivity contribution is 7.80. The Morgan fingerprint density at radius 2 is 2.17 bits per heavy atom. The highest BCUT2D eigenvalue weighted by atomic mass is 32.1. The molecule has 0 unspecified atom stereocenters. The lowest BCUT2D eigenvalue weighted by Gasteiger charge is -2.23. The summed E-state index contributed by atoms with van der Waals surface area (Å²) >= 11 is 4.33. The Bertz CT molecular complexity index is 440. The van der Waals surface area contributed by atoms with Crippen molar-refractivity contribution in [2.75, 3.05) is 6.54 Å². The molecule has 1 saturated carbocycles. The molecule has 1 aliphatic rings. The highest BCUT2D eigenvalue weighted by Gasteiger charge is 2.32. The van der Waals surface area contributed by atoms with Crippen LogP contribution < -0.4 is 0 Å². The van der Waals surface area contributed by atoms with E-state index in [1.807, 2.05) is 25.1 Å². The number of carbonyl (C=O) groups excluding carboxylic acids is 1. The summed E-state index contributed by atoms with van der Waals surface area (Å²) < 4.78 is 0. The van der Waals surface area contributed by atoms with Crippen molar-refractivity contribution in [2.24, 2.45) is 0 Å². The maximum atomic E-state index is 12.6. The lowest BCUT2D eigenvalue weighted by Crippen LogP contribution is -2.34. The molecule has 0 bridgehead atoms. The average Bonchev–Trinajstić information content (AvgIpc) is 3.17. The molecule has 1 aromatic rings.